The van der Waals surface area contributed by atoms with Crippen molar-refractivity contribution in [2.45, 2.75) is 26.8 Å². The number of halogens is 1. The number of aryl methyl sites for hydroxylation is 2. The van der Waals surface area contributed by atoms with Gasteiger partial charge in [0.2, 0.25) is 0 Å². The van der Waals surface area contributed by atoms with Crippen molar-refractivity contribution in [3.8, 4) is 0 Å². The smallest absolute Gasteiger partial charge is 0.288 e. The molecular formula is C15H16ClN3O2. The second kappa shape index (κ2) is 6.54. The van der Waals surface area contributed by atoms with E-state index in [1.165, 1.54) is 11.6 Å². The van der Waals surface area contributed by atoms with Crippen LogP contribution in [-0.4, -0.2) is 9.91 Å². The quantitative estimate of drug-likeness (QED) is 0.666. The van der Waals surface area contributed by atoms with Crippen LogP contribution in [0.5, 0.6) is 0 Å². The van der Waals surface area contributed by atoms with E-state index in [4.69, 9.17) is 11.6 Å². The Bertz CT molecular complexity index is 674. The van der Waals surface area contributed by atoms with Crippen molar-refractivity contribution in [2.75, 3.05) is 5.32 Å². The summed E-state index contributed by atoms with van der Waals surface area (Å²) in [5.41, 5.74) is 3.62. The van der Waals surface area contributed by atoms with Crippen LogP contribution in [0.4, 0.5) is 11.4 Å². The summed E-state index contributed by atoms with van der Waals surface area (Å²) in [5, 5.41) is 14.2. The molecule has 5 nitrogen and oxygen atoms in total. The number of hydrogen-bond acceptors (Lipinski definition) is 4. The molecule has 1 N–H and O–H groups in total. The lowest BCUT2D eigenvalue weighted by Gasteiger charge is -2.12. The van der Waals surface area contributed by atoms with E-state index in [-0.39, 0.29) is 10.7 Å². The molecular weight excluding hydrogens is 290 g/mol. The van der Waals surface area contributed by atoms with E-state index in [2.05, 4.69) is 17.2 Å². The molecule has 2 aromatic rings. The number of benzene rings is 1. The number of hydrogen-bond donors (Lipinski definition) is 1. The first-order chi connectivity index (χ1) is 10.0. The fourth-order valence-corrected chi connectivity index (χ4v) is 2.36. The minimum atomic E-state index is -0.479. The molecule has 21 heavy (non-hydrogen) atoms. The van der Waals surface area contributed by atoms with Crippen LogP contribution in [0.25, 0.3) is 0 Å². The highest BCUT2D eigenvalue weighted by Gasteiger charge is 2.15. The van der Waals surface area contributed by atoms with Crippen LogP contribution >= 0.6 is 11.6 Å². The number of anilines is 1. The third-order valence-corrected chi connectivity index (χ3v) is 3.60. The average Bonchev–Trinajstić information content (AvgIpc) is 2.47. The van der Waals surface area contributed by atoms with Crippen molar-refractivity contribution in [1.82, 2.24) is 4.98 Å². The Morgan fingerprint density at radius 2 is 2.19 bits per heavy atom. The van der Waals surface area contributed by atoms with Crippen molar-refractivity contribution in [1.29, 1.82) is 0 Å². The van der Waals surface area contributed by atoms with E-state index in [1.54, 1.807) is 12.3 Å². The van der Waals surface area contributed by atoms with Gasteiger partial charge >= 0.3 is 0 Å². The van der Waals surface area contributed by atoms with Gasteiger partial charge in [-0.05, 0) is 36.6 Å². The van der Waals surface area contributed by atoms with Gasteiger partial charge in [-0.15, -0.1) is 0 Å². The maximum atomic E-state index is 10.8. The Morgan fingerprint density at radius 3 is 2.86 bits per heavy atom. The van der Waals surface area contributed by atoms with Crippen LogP contribution < -0.4 is 5.32 Å². The molecule has 0 spiro atoms. The van der Waals surface area contributed by atoms with Gasteiger partial charge in [-0.25, -0.2) is 0 Å². The monoisotopic (exact) mass is 305 g/mol. The molecule has 1 aromatic carbocycles. The summed E-state index contributed by atoms with van der Waals surface area (Å²) >= 11 is 5.94. The Hall–Kier alpha value is -2.14. The highest BCUT2D eigenvalue weighted by Crippen LogP contribution is 2.30. The van der Waals surface area contributed by atoms with Crippen LogP contribution in [0, 0.1) is 17.0 Å². The number of aromatic nitrogens is 1. The van der Waals surface area contributed by atoms with Crippen LogP contribution in [0.15, 0.2) is 30.5 Å². The van der Waals surface area contributed by atoms with Gasteiger partial charge in [-0.1, -0.05) is 24.6 Å². The highest BCUT2D eigenvalue weighted by atomic mass is 35.5. The molecule has 1 aromatic heterocycles. The molecule has 1 heterocycles. The maximum absolute atomic E-state index is 10.8. The van der Waals surface area contributed by atoms with Gasteiger partial charge in [0, 0.05) is 18.0 Å². The van der Waals surface area contributed by atoms with E-state index in [0.717, 1.165) is 23.4 Å². The zero-order chi connectivity index (χ0) is 15.4. The van der Waals surface area contributed by atoms with Gasteiger partial charge in [-0.3, -0.25) is 15.1 Å². The topological polar surface area (TPSA) is 68.1 Å². The van der Waals surface area contributed by atoms with E-state index in [0.29, 0.717) is 6.54 Å². The van der Waals surface area contributed by atoms with Crippen LogP contribution in [0.3, 0.4) is 0 Å². The molecule has 0 fully saturated rings. The number of nitrogens with one attached hydrogen (secondary N) is 1. The van der Waals surface area contributed by atoms with Gasteiger partial charge in [0.15, 0.2) is 0 Å². The number of rotatable bonds is 5. The van der Waals surface area contributed by atoms with Crippen molar-refractivity contribution in [3.05, 3.63) is 62.4 Å². The lowest BCUT2D eigenvalue weighted by Crippen LogP contribution is -2.06. The Kier molecular flexibility index (Phi) is 4.75. The van der Waals surface area contributed by atoms with Crippen LogP contribution in [-0.2, 0) is 13.0 Å². The molecule has 110 valence electrons. The fourth-order valence-electron chi connectivity index (χ4n) is 2.13. The zero-order valence-electron chi connectivity index (χ0n) is 11.9. The minimum Gasteiger partial charge on any atom is -0.379 e. The summed E-state index contributed by atoms with van der Waals surface area (Å²) in [6.45, 7) is 4.44. The van der Waals surface area contributed by atoms with Gasteiger partial charge in [0.25, 0.3) is 5.69 Å². The predicted octanol–water partition coefficient (Wildman–Crippen LogP) is 4.13. The van der Waals surface area contributed by atoms with Gasteiger partial charge < -0.3 is 5.32 Å². The fraction of sp³-hybridized carbons (Fsp3) is 0.267. The first-order valence-corrected chi connectivity index (χ1v) is 7.02. The summed E-state index contributed by atoms with van der Waals surface area (Å²) < 4.78 is 0. The molecule has 6 heteroatoms. The average molecular weight is 306 g/mol. The van der Waals surface area contributed by atoms with Gasteiger partial charge in [-0.2, -0.15) is 0 Å². The molecule has 0 bridgehead atoms. The molecule has 0 aliphatic rings. The number of nitro benzene ring substituents is 1. The number of nitrogens with zero attached hydrogens (tertiary/aromatic N) is 2. The molecule has 0 aliphatic heterocycles. The van der Waals surface area contributed by atoms with E-state index in [9.17, 15) is 10.1 Å². The minimum absolute atomic E-state index is 0.0770. The highest BCUT2D eigenvalue weighted by molar-refractivity contribution is 6.33. The third-order valence-electron chi connectivity index (χ3n) is 3.30. The normalized spacial score (nSPS) is 10.4. The van der Waals surface area contributed by atoms with Crippen molar-refractivity contribution < 1.29 is 4.92 Å². The molecule has 0 saturated heterocycles. The zero-order valence-corrected chi connectivity index (χ0v) is 12.6. The summed E-state index contributed by atoms with van der Waals surface area (Å²) in [6.07, 6.45) is 2.66. The molecule has 0 saturated carbocycles. The van der Waals surface area contributed by atoms with Crippen LogP contribution in [0.2, 0.25) is 5.02 Å². The second-order valence-electron chi connectivity index (χ2n) is 4.69. The molecule has 0 amide bonds. The first kappa shape index (κ1) is 15.3. The van der Waals surface area contributed by atoms with Crippen LogP contribution in [0.1, 0.15) is 23.7 Å². The Labute approximate surface area is 128 Å². The SMILES string of the molecule is CCc1cccnc1CNc1cc(Cl)c([N+](=O)[O-])cc1C. The second-order valence-corrected chi connectivity index (χ2v) is 5.10. The lowest BCUT2D eigenvalue weighted by atomic mass is 10.1. The van der Waals surface area contributed by atoms with Crippen molar-refractivity contribution >= 4 is 23.0 Å². The number of pyridine rings is 1. The summed E-state index contributed by atoms with van der Waals surface area (Å²) in [6, 6.07) is 7.02. The molecule has 2 rings (SSSR count). The Balaban J connectivity index is 2.21. The first-order valence-electron chi connectivity index (χ1n) is 6.64. The number of nitro groups is 1. The molecule has 0 unspecified atom stereocenters. The lowest BCUT2D eigenvalue weighted by molar-refractivity contribution is -0.384. The van der Waals surface area contributed by atoms with Crippen molar-refractivity contribution in [3.63, 3.8) is 0 Å². The maximum Gasteiger partial charge on any atom is 0.288 e. The van der Waals surface area contributed by atoms with E-state index < -0.39 is 4.92 Å². The standard InChI is InChI=1S/C15H16ClN3O2/c1-3-11-5-4-6-17-14(11)9-18-13-8-12(16)15(19(20)21)7-10(13)2/h4-8,18H,3,9H2,1-2H3. The van der Waals surface area contributed by atoms with Gasteiger partial charge in [0.05, 0.1) is 17.2 Å². The summed E-state index contributed by atoms with van der Waals surface area (Å²) in [5.74, 6) is 0. The van der Waals surface area contributed by atoms with Gasteiger partial charge in [0.1, 0.15) is 5.02 Å². The van der Waals surface area contributed by atoms with Crippen molar-refractivity contribution in [2.24, 2.45) is 0 Å². The Morgan fingerprint density at radius 1 is 1.43 bits per heavy atom. The predicted molar refractivity (Wildman–Crippen MR) is 83.8 cm³/mol. The molecule has 0 aliphatic carbocycles. The third kappa shape index (κ3) is 3.49. The summed E-state index contributed by atoms with van der Waals surface area (Å²) in [7, 11) is 0. The molecule has 0 radical (unpaired) electrons. The summed E-state index contributed by atoms with van der Waals surface area (Å²) in [4.78, 5) is 14.7. The van der Waals surface area contributed by atoms with E-state index >= 15 is 0 Å². The molecule has 0 atom stereocenters. The largest absolute Gasteiger partial charge is 0.379 e. The van der Waals surface area contributed by atoms with E-state index in [1.807, 2.05) is 19.1 Å².